The van der Waals surface area contributed by atoms with Crippen molar-refractivity contribution in [2.45, 2.75) is 51.9 Å². The Bertz CT molecular complexity index is 366. The Morgan fingerprint density at radius 3 is 2.50 bits per heavy atom. The molecule has 0 saturated carbocycles. The summed E-state index contributed by atoms with van der Waals surface area (Å²) in [5.41, 5.74) is 6.80. The Kier molecular flexibility index (Phi) is 8.88. The molecule has 1 rings (SSSR count). The molecule has 0 aliphatic rings. The van der Waals surface area contributed by atoms with Crippen LogP contribution in [-0.2, 0) is 6.42 Å². The smallest absolute Gasteiger partial charge is 0.126 e. The summed E-state index contributed by atoms with van der Waals surface area (Å²) in [5.74, 6) is 1.76. The number of unbranched alkanes of at least 4 members (excludes halogenated alkanes) is 5. The van der Waals surface area contributed by atoms with E-state index in [2.05, 4.69) is 6.92 Å². The number of benzene rings is 1. The molecule has 0 amide bonds. The summed E-state index contributed by atoms with van der Waals surface area (Å²) < 4.78 is 11.2. The predicted octanol–water partition coefficient (Wildman–Crippen LogP) is 3.94. The lowest BCUT2D eigenvalue weighted by Crippen LogP contribution is -2.06. The lowest BCUT2D eigenvalue weighted by atomic mass is 10.1. The van der Waals surface area contributed by atoms with Gasteiger partial charge in [-0.05, 0) is 31.0 Å². The van der Waals surface area contributed by atoms with E-state index in [1.807, 2.05) is 18.2 Å². The lowest BCUT2D eigenvalue weighted by molar-refractivity contribution is 0.299. The summed E-state index contributed by atoms with van der Waals surface area (Å²) in [7, 11) is 1.68. The molecule has 0 radical (unpaired) electrons. The first-order valence-electron chi connectivity index (χ1n) is 7.81. The van der Waals surface area contributed by atoms with Gasteiger partial charge in [0.2, 0.25) is 0 Å². The minimum atomic E-state index is 0.639. The van der Waals surface area contributed by atoms with Crippen LogP contribution in [0.1, 0.15) is 51.0 Å². The summed E-state index contributed by atoms with van der Waals surface area (Å²) in [6.07, 6.45) is 8.49. The first-order chi connectivity index (χ1) is 9.81. The van der Waals surface area contributed by atoms with Gasteiger partial charge in [0.25, 0.3) is 0 Å². The van der Waals surface area contributed by atoms with Crippen LogP contribution in [0.4, 0.5) is 0 Å². The second-order valence-corrected chi connectivity index (χ2v) is 5.13. The van der Waals surface area contributed by atoms with E-state index in [1.165, 1.54) is 37.7 Å². The van der Waals surface area contributed by atoms with Crippen molar-refractivity contribution in [3.05, 3.63) is 23.8 Å². The highest BCUT2D eigenvalue weighted by molar-refractivity contribution is 5.40. The van der Waals surface area contributed by atoms with Crippen molar-refractivity contribution in [2.75, 3.05) is 20.3 Å². The van der Waals surface area contributed by atoms with Crippen molar-refractivity contribution < 1.29 is 9.47 Å². The van der Waals surface area contributed by atoms with Crippen molar-refractivity contribution in [3.63, 3.8) is 0 Å². The van der Waals surface area contributed by atoms with Gasteiger partial charge >= 0.3 is 0 Å². The third-order valence-electron chi connectivity index (χ3n) is 3.44. The number of nitrogens with two attached hydrogens (primary N) is 1. The van der Waals surface area contributed by atoms with Crippen LogP contribution in [0.3, 0.4) is 0 Å². The molecule has 0 atom stereocenters. The molecular weight excluding hydrogens is 250 g/mol. The lowest BCUT2D eigenvalue weighted by Gasteiger charge is -2.12. The topological polar surface area (TPSA) is 44.5 Å². The van der Waals surface area contributed by atoms with E-state index < -0.39 is 0 Å². The third-order valence-corrected chi connectivity index (χ3v) is 3.44. The van der Waals surface area contributed by atoms with E-state index in [4.69, 9.17) is 15.2 Å². The highest BCUT2D eigenvalue weighted by atomic mass is 16.5. The fourth-order valence-corrected chi connectivity index (χ4v) is 2.22. The van der Waals surface area contributed by atoms with E-state index in [9.17, 15) is 0 Å². The first kappa shape index (κ1) is 16.8. The Hall–Kier alpha value is -1.22. The highest BCUT2D eigenvalue weighted by Crippen LogP contribution is 2.25. The van der Waals surface area contributed by atoms with E-state index in [0.29, 0.717) is 6.54 Å². The molecule has 1 aromatic carbocycles. The zero-order valence-corrected chi connectivity index (χ0v) is 13.0. The van der Waals surface area contributed by atoms with Gasteiger partial charge in [0.1, 0.15) is 11.5 Å². The molecule has 0 heterocycles. The monoisotopic (exact) mass is 279 g/mol. The van der Waals surface area contributed by atoms with Crippen molar-refractivity contribution in [1.82, 2.24) is 0 Å². The van der Waals surface area contributed by atoms with Crippen LogP contribution in [0, 0.1) is 0 Å². The van der Waals surface area contributed by atoms with Crippen LogP contribution in [0.5, 0.6) is 11.5 Å². The van der Waals surface area contributed by atoms with Gasteiger partial charge in [-0.25, -0.2) is 0 Å². The second kappa shape index (κ2) is 10.6. The molecule has 0 bridgehead atoms. The Labute approximate surface area is 123 Å². The normalized spacial score (nSPS) is 10.6. The molecule has 0 aliphatic heterocycles. The van der Waals surface area contributed by atoms with Gasteiger partial charge in [0.05, 0.1) is 13.7 Å². The molecule has 0 spiro atoms. The van der Waals surface area contributed by atoms with Crippen molar-refractivity contribution >= 4 is 0 Å². The van der Waals surface area contributed by atoms with Crippen LogP contribution in [0.2, 0.25) is 0 Å². The quantitative estimate of drug-likeness (QED) is 0.624. The minimum absolute atomic E-state index is 0.639. The standard InChI is InChI=1S/C17H29NO2/c1-3-4-5-6-7-8-13-20-17-14-16(19-2)10-9-15(17)11-12-18/h9-10,14H,3-8,11-13,18H2,1-2H3. The fraction of sp³-hybridized carbons (Fsp3) is 0.647. The Morgan fingerprint density at radius 1 is 1.05 bits per heavy atom. The molecule has 3 nitrogen and oxygen atoms in total. The Morgan fingerprint density at radius 2 is 1.80 bits per heavy atom. The molecule has 114 valence electrons. The number of hydrogen-bond acceptors (Lipinski definition) is 3. The van der Waals surface area contributed by atoms with Gasteiger partial charge in [0, 0.05) is 6.07 Å². The second-order valence-electron chi connectivity index (χ2n) is 5.13. The minimum Gasteiger partial charge on any atom is -0.497 e. The van der Waals surface area contributed by atoms with Gasteiger partial charge in [-0.3, -0.25) is 0 Å². The summed E-state index contributed by atoms with van der Waals surface area (Å²) in [6.45, 7) is 3.65. The van der Waals surface area contributed by atoms with Crippen LogP contribution in [0.15, 0.2) is 18.2 Å². The number of hydrogen-bond donors (Lipinski definition) is 1. The highest BCUT2D eigenvalue weighted by Gasteiger charge is 2.05. The molecule has 0 fully saturated rings. The molecule has 0 aromatic heterocycles. The average Bonchev–Trinajstić information content (AvgIpc) is 2.48. The maximum Gasteiger partial charge on any atom is 0.126 e. The summed E-state index contributed by atoms with van der Waals surface area (Å²) in [6, 6.07) is 5.97. The van der Waals surface area contributed by atoms with E-state index in [-0.39, 0.29) is 0 Å². The maximum absolute atomic E-state index is 5.90. The number of rotatable bonds is 11. The average molecular weight is 279 g/mol. The van der Waals surface area contributed by atoms with Crippen molar-refractivity contribution in [2.24, 2.45) is 5.73 Å². The third kappa shape index (κ3) is 6.29. The van der Waals surface area contributed by atoms with Crippen LogP contribution in [-0.4, -0.2) is 20.3 Å². The SMILES string of the molecule is CCCCCCCCOc1cc(OC)ccc1CCN. The number of ether oxygens (including phenoxy) is 2. The van der Waals surface area contributed by atoms with Gasteiger partial charge in [-0.15, -0.1) is 0 Å². The molecule has 0 unspecified atom stereocenters. The van der Waals surface area contributed by atoms with Crippen LogP contribution >= 0.6 is 0 Å². The predicted molar refractivity (Wildman–Crippen MR) is 84.6 cm³/mol. The molecule has 3 heteroatoms. The van der Waals surface area contributed by atoms with Gasteiger partial charge < -0.3 is 15.2 Å². The Balaban J connectivity index is 2.37. The van der Waals surface area contributed by atoms with E-state index >= 15 is 0 Å². The molecule has 0 saturated heterocycles. The molecule has 2 N–H and O–H groups in total. The zero-order valence-electron chi connectivity index (χ0n) is 13.0. The largest absolute Gasteiger partial charge is 0.497 e. The number of methoxy groups -OCH3 is 1. The van der Waals surface area contributed by atoms with Gasteiger partial charge in [0.15, 0.2) is 0 Å². The molecular formula is C17H29NO2. The van der Waals surface area contributed by atoms with E-state index in [0.717, 1.165) is 30.9 Å². The van der Waals surface area contributed by atoms with Crippen molar-refractivity contribution in [1.29, 1.82) is 0 Å². The van der Waals surface area contributed by atoms with Crippen LogP contribution in [0.25, 0.3) is 0 Å². The van der Waals surface area contributed by atoms with E-state index in [1.54, 1.807) is 7.11 Å². The maximum atomic E-state index is 5.90. The molecule has 1 aromatic rings. The van der Waals surface area contributed by atoms with Crippen molar-refractivity contribution in [3.8, 4) is 11.5 Å². The molecule has 0 aliphatic carbocycles. The van der Waals surface area contributed by atoms with Crippen LogP contribution < -0.4 is 15.2 Å². The molecule has 20 heavy (non-hydrogen) atoms. The summed E-state index contributed by atoms with van der Waals surface area (Å²) in [5, 5.41) is 0. The van der Waals surface area contributed by atoms with Gasteiger partial charge in [-0.1, -0.05) is 45.1 Å². The fourth-order valence-electron chi connectivity index (χ4n) is 2.22. The summed E-state index contributed by atoms with van der Waals surface area (Å²) in [4.78, 5) is 0. The zero-order chi connectivity index (χ0) is 14.6. The van der Waals surface area contributed by atoms with Gasteiger partial charge in [-0.2, -0.15) is 0 Å². The first-order valence-corrected chi connectivity index (χ1v) is 7.81. The summed E-state index contributed by atoms with van der Waals surface area (Å²) >= 11 is 0.